The van der Waals surface area contributed by atoms with Crippen molar-refractivity contribution in [2.75, 3.05) is 0 Å². The fraction of sp³-hybridized carbons (Fsp3) is 0.0714. The normalized spacial score (nSPS) is 11.0. The monoisotopic (exact) mass is 413 g/mol. The third kappa shape index (κ3) is 2.38. The maximum atomic E-state index is 11.1. The Morgan fingerprint density at radius 2 is 2.00 bits per heavy atom. The third-order valence-corrected chi connectivity index (χ3v) is 4.22. The molecule has 1 N–H and O–H groups in total. The molecule has 7 heteroatoms. The van der Waals surface area contributed by atoms with Gasteiger partial charge in [-0.3, -0.25) is 0 Å². The van der Waals surface area contributed by atoms with E-state index in [0.717, 1.165) is 9.26 Å². The number of pyridine rings is 1. The van der Waals surface area contributed by atoms with E-state index in [4.69, 9.17) is 16.7 Å². The predicted octanol–water partition coefficient (Wildman–Crippen LogP) is 3.69. The first-order chi connectivity index (χ1) is 9.99. The average Bonchev–Trinajstić information content (AvgIpc) is 2.78. The van der Waals surface area contributed by atoms with Gasteiger partial charge in [-0.15, -0.1) is 0 Å². The highest BCUT2D eigenvalue weighted by Crippen LogP contribution is 2.29. The summed E-state index contributed by atoms with van der Waals surface area (Å²) in [6, 6.07) is 7.78. The fourth-order valence-electron chi connectivity index (χ4n) is 2.12. The van der Waals surface area contributed by atoms with Crippen LogP contribution < -0.4 is 0 Å². The largest absolute Gasteiger partial charge is 0.478 e. The van der Waals surface area contributed by atoms with Crippen LogP contribution in [-0.2, 0) is 0 Å². The van der Waals surface area contributed by atoms with E-state index >= 15 is 0 Å². The standard InChI is InChI=1S/C14H9ClIN3O2/c1-7-11-12(15)10(14(20)21)6-17-13(11)19(18-7)9-4-2-8(16)3-5-9/h2-6H,1H3,(H,20,21). The second-order valence-corrected chi connectivity index (χ2v) is 6.09. The summed E-state index contributed by atoms with van der Waals surface area (Å²) < 4.78 is 2.78. The van der Waals surface area contributed by atoms with E-state index in [-0.39, 0.29) is 10.6 Å². The first-order valence-electron chi connectivity index (χ1n) is 6.02. The second-order valence-electron chi connectivity index (χ2n) is 4.46. The molecule has 0 aliphatic rings. The van der Waals surface area contributed by atoms with Gasteiger partial charge in [-0.1, -0.05) is 11.6 Å². The molecule has 0 unspecified atom stereocenters. The van der Waals surface area contributed by atoms with Gasteiger partial charge in [0.05, 0.1) is 27.4 Å². The number of hydrogen-bond acceptors (Lipinski definition) is 3. The molecule has 2 heterocycles. The number of rotatable bonds is 2. The SMILES string of the molecule is Cc1nn(-c2ccc(I)cc2)c2ncc(C(=O)O)c(Cl)c12. The Morgan fingerprint density at radius 3 is 2.62 bits per heavy atom. The molecule has 0 amide bonds. The van der Waals surface area contributed by atoms with Gasteiger partial charge in [-0.05, 0) is 53.8 Å². The summed E-state index contributed by atoms with van der Waals surface area (Å²) >= 11 is 8.42. The van der Waals surface area contributed by atoms with Crippen molar-refractivity contribution in [3.63, 3.8) is 0 Å². The van der Waals surface area contributed by atoms with E-state index in [2.05, 4.69) is 32.7 Å². The Bertz CT molecular complexity index is 859. The van der Waals surface area contributed by atoms with Crippen LogP contribution in [0.15, 0.2) is 30.5 Å². The van der Waals surface area contributed by atoms with Crippen molar-refractivity contribution < 1.29 is 9.90 Å². The fourth-order valence-corrected chi connectivity index (χ4v) is 2.83. The van der Waals surface area contributed by atoms with Crippen LogP contribution in [0.5, 0.6) is 0 Å². The lowest BCUT2D eigenvalue weighted by molar-refractivity contribution is 0.0697. The maximum absolute atomic E-state index is 11.1. The Kier molecular flexibility index (Phi) is 3.58. The van der Waals surface area contributed by atoms with Crippen molar-refractivity contribution in [2.24, 2.45) is 0 Å². The van der Waals surface area contributed by atoms with Crippen LogP contribution in [0.4, 0.5) is 0 Å². The minimum absolute atomic E-state index is 0.0190. The van der Waals surface area contributed by atoms with Crippen LogP contribution in [-0.4, -0.2) is 25.8 Å². The number of carboxylic acids is 1. The highest BCUT2D eigenvalue weighted by atomic mass is 127. The van der Waals surface area contributed by atoms with Crippen molar-refractivity contribution in [1.29, 1.82) is 0 Å². The molecular formula is C14H9ClIN3O2. The molecule has 0 aliphatic heterocycles. The Hall–Kier alpha value is -1.67. The minimum atomic E-state index is -1.10. The van der Waals surface area contributed by atoms with Crippen molar-refractivity contribution in [1.82, 2.24) is 14.8 Å². The molecule has 1 aromatic carbocycles. The molecule has 0 spiro atoms. The van der Waals surface area contributed by atoms with Crippen LogP contribution in [0.1, 0.15) is 16.1 Å². The van der Waals surface area contributed by atoms with Crippen LogP contribution in [0.3, 0.4) is 0 Å². The van der Waals surface area contributed by atoms with E-state index in [9.17, 15) is 4.79 Å². The highest BCUT2D eigenvalue weighted by molar-refractivity contribution is 14.1. The summed E-state index contributed by atoms with van der Waals surface area (Å²) in [5, 5.41) is 14.3. The summed E-state index contributed by atoms with van der Waals surface area (Å²) in [5.74, 6) is -1.10. The van der Waals surface area contributed by atoms with Gasteiger partial charge in [-0.2, -0.15) is 5.10 Å². The van der Waals surface area contributed by atoms with Crippen molar-refractivity contribution in [3.8, 4) is 5.69 Å². The van der Waals surface area contributed by atoms with Crippen molar-refractivity contribution in [3.05, 3.63) is 50.3 Å². The molecule has 0 fully saturated rings. The molecule has 0 atom stereocenters. The second kappa shape index (κ2) is 5.27. The summed E-state index contributed by atoms with van der Waals surface area (Å²) in [5.41, 5.74) is 2.02. The number of fused-ring (bicyclic) bond motifs is 1. The van der Waals surface area contributed by atoms with Gasteiger partial charge in [-0.25, -0.2) is 14.5 Å². The highest BCUT2D eigenvalue weighted by Gasteiger charge is 2.19. The number of nitrogens with zero attached hydrogens (tertiary/aromatic N) is 3. The van der Waals surface area contributed by atoms with Gasteiger partial charge in [0, 0.05) is 9.77 Å². The van der Waals surface area contributed by atoms with E-state index < -0.39 is 5.97 Å². The molecule has 5 nitrogen and oxygen atoms in total. The molecule has 3 rings (SSSR count). The number of carboxylic acid groups (broad SMARTS) is 1. The zero-order valence-electron chi connectivity index (χ0n) is 10.8. The Labute approximate surface area is 138 Å². The lowest BCUT2D eigenvalue weighted by Crippen LogP contribution is -2.01. The molecule has 0 bridgehead atoms. The molecule has 0 saturated heterocycles. The molecule has 3 aromatic rings. The number of aryl methyl sites for hydroxylation is 1. The van der Waals surface area contributed by atoms with Crippen LogP contribution in [0.2, 0.25) is 5.02 Å². The summed E-state index contributed by atoms with van der Waals surface area (Å²) in [4.78, 5) is 15.4. The Balaban J connectivity index is 2.30. The number of aromatic nitrogens is 3. The summed E-state index contributed by atoms with van der Waals surface area (Å²) in [7, 11) is 0. The molecular weight excluding hydrogens is 405 g/mol. The van der Waals surface area contributed by atoms with Crippen LogP contribution in [0.25, 0.3) is 16.7 Å². The summed E-state index contributed by atoms with van der Waals surface area (Å²) in [6.07, 6.45) is 1.26. The van der Waals surface area contributed by atoms with Gasteiger partial charge < -0.3 is 5.11 Å². The first-order valence-corrected chi connectivity index (χ1v) is 7.48. The molecule has 2 aromatic heterocycles. The number of hydrogen-bond donors (Lipinski definition) is 1. The van der Waals surface area contributed by atoms with Crippen LogP contribution in [0, 0.1) is 10.5 Å². The van der Waals surface area contributed by atoms with Gasteiger partial charge in [0.25, 0.3) is 0 Å². The van der Waals surface area contributed by atoms with Gasteiger partial charge in [0.15, 0.2) is 5.65 Å². The van der Waals surface area contributed by atoms with E-state index in [1.54, 1.807) is 11.6 Å². The number of aromatic carboxylic acids is 1. The first kappa shape index (κ1) is 14.3. The molecule has 0 radical (unpaired) electrons. The molecule has 0 aliphatic carbocycles. The smallest absolute Gasteiger partial charge is 0.338 e. The van der Waals surface area contributed by atoms with Crippen LogP contribution >= 0.6 is 34.2 Å². The van der Waals surface area contributed by atoms with E-state index in [1.807, 2.05) is 24.3 Å². The summed E-state index contributed by atoms with van der Waals surface area (Å²) in [6.45, 7) is 1.78. The lowest BCUT2D eigenvalue weighted by Gasteiger charge is -2.04. The quantitative estimate of drug-likeness (QED) is 0.651. The molecule has 21 heavy (non-hydrogen) atoms. The minimum Gasteiger partial charge on any atom is -0.478 e. The van der Waals surface area contributed by atoms with E-state index in [1.165, 1.54) is 6.20 Å². The Morgan fingerprint density at radius 1 is 1.33 bits per heavy atom. The van der Waals surface area contributed by atoms with Gasteiger partial charge in [0.1, 0.15) is 0 Å². The third-order valence-electron chi connectivity index (χ3n) is 3.11. The predicted molar refractivity (Wildman–Crippen MR) is 88.3 cm³/mol. The lowest BCUT2D eigenvalue weighted by atomic mass is 10.2. The zero-order valence-corrected chi connectivity index (χ0v) is 13.8. The molecule has 0 saturated carbocycles. The van der Waals surface area contributed by atoms with Crippen molar-refractivity contribution in [2.45, 2.75) is 6.92 Å². The van der Waals surface area contributed by atoms with Gasteiger partial charge >= 0.3 is 5.97 Å². The zero-order chi connectivity index (χ0) is 15.1. The topological polar surface area (TPSA) is 68.0 Å². The number of halogens is 2. The van der Waals surface area contributed by atoms with Gasteiger partial charge in [0.2, 0.25) is 0 Å². The average molecular weight is 414 g/mol. The van der Waals surface area contributed by atoms with E-state index in [0.29, 0.717) is 16.7 Å². The molecule has 106 valence electrons. The van der Waals surface area contributed by atoms with Crippen molar-refractivity contribution >= 4 is 51.2 Å². The maximum Gasteiger partial charge on any atom is 0.338 e. The number of carbonyl (C=O) groups is 1. The number of benzene rings is 1.